The number of hydrogen-bond acceptors (Lipinski definition) is 4. The first-order valence-corrected chi connectivity index (χ1v) is 9.42. The summed E-state index contributed by atoms with van der Waals surface area (Å²) in [6.07, 6.45) is 2.31. The fourth-order valence-electron chi connectivity index (χ4n) is 3.78. The Bertz CT molecular complexity index is 1000. The van der Waals surface area contributed by atoms with Gasteiger partial charge in [0.05, 0.1) is 24.8 Å². The van der Waals surface area contributed by atoms with Crippen LogP contribution in [0.2, 0.25) is 0 Å². The molecule has 0 aliphatic carbocycles. The SMILES string of the molecule is COC(=O)c1ccccc1N1CCN(C(=O)Cc2c[nH]c3ccccc23)CC1. The van der Waals surface area contributed by atoms with Gasteiger partial charge in [-0.25, -0.2) is 4.79 Å². The van der Waals surface area contributed by atoms with Crippen molar-refractivity contribution in [3.8, 4) is 0 Å². The third-order valence-electron chi connectivity index (χ3n) is 5.30. The van der Waals surface area contributed by atoms with Gasteiger partial charge in [0.2, 0.25) is 5.91 Å². The summed E-state index contributed by atoms with van der Waals surface area (Å²) in [6.45, 7) is 2.65. The molecule has 0 saturated carbocycles. The molecule has 0 atom stereocenters. The Morgan fingerprint density at radius 3 is 2.50 bits per heavy atom. The van der Waals surface area contributed by atoms with Crippen molar-refractivity contribution < 1.29 is 14.3 Å². The molecule has 6 heteroatoms. The van der Waals surface area contributed by atoms with Gasteiger partial charge in [-0.1, -0.05) is 30.3 Å². The van der Waals surface area contributed by atoms with Gasteiger partial charge in [0.1, 0.15) is 0 Å². The van der Waals surface area contributed by atoms with E-state index in [0.29, 0.717) is 38.2 Å². The Hall–Kier alpha value is -3.28. The van der Waals surface area contributed by atoms with E-state index in [-0.39, 0.29) is 11.9 Å². The summed E-state index contributed by atoms with van der Waals surface area (Å²) < 4.78 is 4.89. The van der Waals surface area contributed by atoms with Crippen molar-refractivity contribution in [1.29, 1.82) is 0 Å². The zero-order chi connectivity index (χ0) is 19.5. The molecule has 1 aromatic heterocycles. The molecule has 0 bridgehead atoms. The molecular weight excluding hydrogens is 354 g/mol. The Balaban J connectivity index is 1.42. The predicted octanol–water partition coefficient (Wildman–Crippen LogP) is 2.85. The van der Waals surface area contributed by atoms with Crippen molar-refractivity contribution in [3.05, 3.63) is 65.9 Å². The minimum atomic E-state index is -0.339. The van der Waals surface area contributed by atoms with E-state index in [2.05, 4.69) is 9.88 Å². The number of hydrogen-bond donors (Lipinski definition) is 1. The second-order valence-electron chi connectivity index (χ2n) is 6.91. The van der Waals surface area contributed by atoms with Crippen molar-refractivity contribution >= 4 is 28.5 Å². The number of nitrogens with one attached hydrogen (secondary N) is 1. The van der Waals surface area contributed by atoms with Gasteiger partial charge in [0, 0.05) is 43.3 Å². The van der Waals surface area contributed by atoms with Crippen molar-refractivity contribution in [2.45, 2.75) is 6.42 Å². The highest BCUT2D eigenvalue weighted by Gasteiger charge is 2.24. The largest absolute Gasteiger partial charge is 0.465 e. The third-order valence-corrected chi connectivity index (χ3v) is 5.30. The lowest BCUT2D eigenvalue weighted by Crippen LogP contribution is -2.49. The second-order valence-corrected chi connectivity index (χ2v) is 6.91. The molecule has 4 rings (SSSR count). The minimum Gasteiger partial charge on any atom is -0.465 e. The summed E-state index contributed by atoms with van der Waals surface area (Å²) in [5.74, 6) is -0.209. The third kappa shape index (κ3) is 3.45. The molecule has 0 spiro atoms. The fraction of sp³-hybridized carbons (Fsp3) is 0.273. The molecule has 0 unspecified atom stereocenters. The minimum absolute atomic E-state index is 0.130. The number of ether oxygens (including phenoxy) is 1. The van der Waals surface area contributed by atoms with Crippen LogP contribution in [0, 0.1) is 0 Å². The highest BCUT2D eigenvalue weighted by atomic mass is 16.5. The number of fused-ring (bicyclic) bond motifs is 1. The van der Waals surface area contributed by atoms with Crippen molar-refractivity contribution in [2.75, 3.05) is 38.2 Å². The molecule has 1 N–H and O–H groups in total. The van der Waals surface area contributed by atoms with Crippen LogP contribution in [0.5, 0.6) is 0 Å². The molecule has 0 radical (unpaired) electrons. The number of esters is 1. The Morgan fingerprint density at radius 1 is 1.00 bits per heavy atom. The molecule has 2 heterocycles. The average Bonchev–Trinajstić information content (AvgIpc) is 3.16. The van der Waals surface area contributed by atoms with Crippen LogP contribution in [0.15, 0.2) is 54.7 Å². The number of anilines is 1. The molecule has 1 aliphatic heterocycles. The van der Waals surface area contributed by atoms with Crippen LogP contribution in [-0.2, 0) is 16.0 Å². The van der Waals surface area contributed by atoms with Crippen molar-refractivity contribution in [2.24, 2.45) is 0 Å². The zero-order valence-corrected chi connectivity index (χ0v) is 15.9. The standard InChI is InChI=1S/C22H23N3O3/c1-28-22(27)18-7-3-5-9-20(18)24-10-12-25(13-11-24)21(26)14-16-15-23-19-8-4-2-6-17(16)19/h2-9,15,23H,10-14H2,1H3. The maximum absolute atomic E-state index is 12.8. The molecule has 1 fully saturated rings. The van der Waals surface area contributed by atoms with E-state index < -0.39 is 0 Å². The van der Waals surface area contributed by atoms with Crippen LogP contribution in [-0.4, -0.2) is 55.0 Å². The Labute approximate surface area is 163 Å². The molecule has 1 saturated heterocycles. The molecule has 144 valence electrons. The number of nitrogens with zero attached hydrogens (tertiary/aromatic N) is 2. The number of aromatic nitrogens is 1. The first-order chi connectivity index (χ1) is 13.7. The zero-order valence-electron chi connectivity index (χ0n) is 15.9. The van der Waals surface area contributed by atoms with Crippen LogP contribution in [0.4, 0.5) is 5.69 Å². The first-order valence-electron chi connectivity index (χ1n) is 9.42. The maximum Gasteiger partial charge on any atom is 0.339 e. The first kappa shape index (κ1) is 18.1. The second kappa shape index (κ2) is 7.76. The number of aromatic amines is 1. The van der Waals surface area contributed by atoms with Gasteiger partial charge in [0.15, 0.2) is 0 Å². The highest BCUT2D eigenvalue weighted by molar-refractivity contribution is 5.96. The van der Waals surface area contributed by atoms with Crippen LogP contribution in [0.3, 0.4) is 0 Å². The molecule has 1 aliphatic rings. The van der Waals surface area contributed by atoms with E-state index in [1.54, 1.807) is 6.07 Å². The van der Waals surface area contributed by atoms with E-state index in [1.165, 1.54) is 7.11 Å². The smallest absolute Gasteiger partial charge is 0.339 e. The monoisotopic (exact) mass is 377 g/mol. The van der Waals surface area contributed by atoms with Crippen LogP contribution >= 0.6 is 0 Å². The normalized spacial score (nSPS) is 14.3. The molecule has 6 nitrogen and oxygen atoms in total. The Kier molecular flexibility index (Phi) is 5.02. The fourth-order valence-corrected chi connectivity index (χ4v) is 3.78. The van der Waals surface area contributed by atoms with Gasteiger partial charge in [-0.3, -0.25) is 4.79 Å². The van der Waals surface area contributed by atoms with E-state index in [0.717, 1.165) is 22.2 Å². The van der Waals surface area contributed by atoms with Gasteiger partial charge in [-0.2, -0.15) is 0 Å². The number of benzene rings is 2. The summed E-state index contributed by atoms with van der Waals surface area (Å²) in [5.41, 5.74) is 3.50. The molecule has 28 heavy (non-hydrogen) atoms. The van der Waals surface area contributed by atoms with E-state index in [9.17, 15) is 9.59 Å². The lowest BCUT2D eigenvalue weighted by molar-refractivity contribution is -0.130. The van der Waals surface area contributed by atoms with Gasteiger partial charge < -0.3 is 19.5 Å². The van der Waals surface area contributed by atoms with Gasteiger partial charge >= 0.3 is 5.97 Å². The van der Waals surface area contributed by atoms with Crippen LogP contribution in [0.1, 0.15) is 15.9 Å². The van der Waals surface area contributed by atoms with Gasteiger partial charge in [0.25, 0.3) is 0 Å². The molecule has 3 aromatic rings. The number of amides is 1. The lowest BCUT2D eigenvalue weighted by atomic mass is 10.1. The van der Waals surface area contributed by atoms with E-state index in [1.807, 2.05) is 53.6 Å². The Morgan fingerprint density at radius 2 is 1.71 bits per heavy atom. The maximum atomic E-state index is 12.8. The molecular formula is C22H23N3O3. The summed E-state index contributed by atoms with van der Waals surface area (Å²) >= 11 is 0. The predicted molar refractivity (Wildman–Crippen MR) is 109 cm³/mol. The summed E-state index contributed by atoms with van der Waals surface area (Å²) in [6, 6.07) is 15.5. The summed E-state index contributed by atoms with van der Waals surface area (Å²) in [7, 11) is 1.39. The number of carbonyl (C=O) groups excluding carboxylic acids is 2. The number of H-pyrrole nitrogens is 1. The number of carbonyl (C=O) groups is 2. The van der Waals surface area contributed by atoms with Crippen molar-refractivity contribution in [1.82, 2.24) is 9.88 Å². The number of rotatable bonds is 4. The van der Waals surface area contributed by atoms with Gasteiger partial charge in [-0.05, 0) is 23.8 Å². The quantitative estimate of drug-likeness (QED) is 0.710. The topological polar surface area (TPSA) is 65.6 Å². The van der Waals surface area contributed by atoms with Crippen LogP contribution in [0.25, 0.3) is 10.9 Å². The lowest BCUT2D eigenvalue weighted by Gasteiger charge is -2.36. The average molecular weight is 377 g/mol. The van der Waals surface area contributed by atoms with Crippen LogP contribution < -0.4 is 4.90 Å². The van der Waals surface area contributed by atoms with E-state index >= 15 is 0 Å². The summed E-state index contributed by atoms with van der Waals surface area (Å²) in [4.78, 5) is 32.1. The van der Waals surface area contributed by atoms with Crippen molar-refractivity contribution in [3.63, 3.8) is 0 Å². The summed E-state index contributed by atoms with van der Waals surface area (Å²) in [5, 5.41) is 1.10. The highest BCUT2D eigenvalue weighted by Crippen LogP contribution is 2.23. The number of para-hydroxylation sites is 2. The molecule has 2 aromatic carbocycles. The van der Waals surface area contributed by atoms with E-state index in [4.69, 9.17) is 4.74 Å². The number of methoxy groups -OCH3 is 1. The van der Waals surface area contributed by atoms with Gasteiger partial charge in [-0.15, -0.1) is 0 Å². The number of piperazine rings is 1. The molecule has 1 amide bonds.